The Kier molecular flexibility index (Phi) is 4.57. The monoisotopic (exact) mass is 294 g/mol. The molecule has 21 heavy (non-hydrogen) atoms. The molecule has 0 heterocycles. The minimum Gasteiger partial charge on any atom is -0.478 e. The zero-order valence-corrected chi connectivity index (χ0v) is 11.7. The molecule has 114 valence electrons. The van der Waals surface area contributed by atoms with Crippen molar-refractivity contribution in [2.45, 2.75) is 44.1 Å². The predicted molar refractivity (Wildman–Crippen MR) is 76.6 cm³/mol. The molecule has 1 fully saturated rings. The van der Waals surface area contributed by atoms with Crippen molar-refractivity contribution in [2.75, 3.05) is 5.32 Å². The molecule has 1 aliphatic carbocycles. The van der Waals surface area contributed by atoms with Crippen LogP contribution in [0.3, 0.4) is 0 Å². The smallest absolute Gasteiger partial charge is 0.335 e. The first-order valence-corrected chi connectivity index (χ1v) is 7.01. The van der Waals surface area contributed by atoms with E-state index >= 15 is 0 Å². The number of aromatic carboxylic acids is 1. The van der Waals surface area contributed by atoms with Gasteiger partial charge < -0.3 is 16.2 Å². The topological polar surface area (TPSA) is 92.4 Å². The van der Waals surface area contributed by atoms with Crippen LogP contribution < -0.4 is 11.1 Å². The van der Waals surface area contributed by atoms with Crippen LogP contribution in [0.15, 0.2) is 18.2 Å². The lowest BCUT2D eigenvalue weighted by atomic mass is 9.80. The number of anilines is 1. The highest BCUT2D eigenvalue weighted by Gasteiger charge is 2.30. The number of hydrogen-bond acceptors (Lipinski definition) is 3. The molecule has 0 spiro atoms. The van der Waals surface area contributed by atoms with Crippen molar-refractivity contribution in [3.63, 3.8) is 0 Å². The van der Waals surface area contributed by atoms with E-state index in [0.29, 0.717) is 0 Å². The molecule has 2 rings (SSSR count). The molecule has 0 unspecified atom stereocenters. The van der Waals surface area contributed by atoms with Crippen LogP contribution in [0.5, 0.6) is 0 Å². The van der Waals surface area contributed by atoms with Gasteiger partial charge in [-0.25, -0.2) is 9.18 Å². The zero-order chi connectivity index (χ0) is 15.5. The van der Waals surface area contributed by atoms with Crippen LogP contribution in [0, 0.1) is 5.82 Å². The molecule has 6 heteroatoms. The number of nitrogens with one attached hydrogen (secondary N) is 1. The molecule has 0 bridgehead atoms. The first kappa shape index (κ1) is 15.4. The Balaban J connectivity index is 2.01. The molecule has 1 aromatic rings. The lowest BCUT2D eigenvalue weighted by molar-refractivity contribution is -0.117. The predicted octanol–water partition coefficient (Wildman–Crippen LogP) is 2.51. The lowest BCUT2D eigenvalue weighted by Crippen LogP contribution is -2.44. The van der Waals surface area contributed by atoms with Gasteiger partial charge >= 0.3 is 5.97 Å². The number of hydrogen-bond donors (Lipinski definition) is 3. The summed E-state index contributed by atoms with van der Waals surface area (Å²) in [5.41, 5.74) is 5.49. The maximum atomic E-state index is 13.7. The van der Waals surface area contributed by atoms with Crippen molar-refractivity contribution in [1.82, 2.24) is 0 Å². The molecule has 0 aliphatic heterocycles. The maximum Gasteiger partial charge on any atom is 0.335 e. The molecular formula is C15H19FN2O3. The van der Waals surface area contributed by atoms with Crippen LogP contribution in [0.1, 0.15) is 48.9 Å². The normalized spacial score (nSPS) is 17.2. The van der Waals surface area contributed by atoms with Gasteiger partial charge in [-0.05, 0) is 31.0 Å². The average molecular weight is 294 g/mol. The van der Waals surface area contributed by atoms with Crippen LogP contribution in [-0.2, 0) is 4.79 Å². The van der Waals surface area contributed by atoms with Crippen molar-refractivity contribution in [3.8, 4) is 0 Å². The molecule has 5 nitrogen and oxygen atoms in total. The molecule has 0 atom stereocenters. The number of carboxylic acid groups (broad SMARTS) is 1. The van der Waals surface area contributed by atoms with Crippen molar-refractivity contribution in [1.29, 1.82) is 0 Å². The van der Waals surface area contributed by atoms with E-state index in [9.17, 15) is 14.0 Å². The second kappa shape index (κ2) is 6.22. The number of carbonyl (C=O) groups excluding carboxylic acids is 1. The minimum absolute atomic E-state index is 0.0237. The van der Waals surface area contributed by atoms with Crippen LogP contribution in [0.25, 0.3) is 0 Å². The Hall–Kier alpha value is -1.95. The van der Waals surface area contributed by atoms with E-state index in [1.165, 1.54) is 12.1 Å². The molecule has 1 aromatic carbocycles. The maximum absolute atomic E-state index is 13.7. The summed E-state index contributed by atoms with van der Waals surface area (Å²) < 4.78 is 13.7. The van der Waals surface area contributed by atoms with E-state index < -0.39 is 17.3 Å². The van der Waals surface area contributed by atoms with E-state index in [0.717, 1.165) is 38.2 Å². The van der Waals surface area contributed by atoms with Gasteiger partial charge in [-0.2, -0.15) is 0 Å². The quantitative estimate of drug-likeness (QED) is 0.795. The summed E-state index contributed by atoms with van der Waals surface area (Å²) >= 11 is 0. The third kappa shape index (κ3) is 4.01. The first-order chi connectivity index (χ1) is 9.89. The fourth-order valence-corrected chi connectivity index (χ4v) is 2.70. The second-order valence-electron chi connectivity index (χ2n) is 5.65. The number of rotatable bonds is 4. The summed E-state index contributed by atoms with van der Waals surface area (Å²) in [7, 11) is 0. The minimum atomic E-state index is -1.21. The Labute approximate surface area is 122 Å². The highest BCUT2D eigenvalue weighted by atomic mass is 19.1. The fraction of sp³-hybridized carbons (Fsp3) is 0.467. The number of carboxylic acids is 1. The van der Waals surface area contributed by atoms with Gasteiger partial charge in [0.1, 0.15) is 5.82 Å². The van der Waals surface area contributed by atoms with Crippen LogP contribution in [-0.4, -0.2) is 22.5 Å². The second-order valence-corrected chi connectivity index (χ2v) is 5.65. The summed E-state index contributed by atoms with van der Waals surface area (Å²) in [5.74, 6) is -2.32. The van der Waals surface area contributed by atoms with Gasteiger partial charge in [0.25, 0.3) is 0 Å². The highest BCUT2D eigenvalue weighted by molar-refractivity contribution is 5.93. The molecular weight excluding hydrogens is 275 g/mol. The standard InChI is InChI=1S/C15H19FN2O3/c16-11-8-10(14(20)21)4-5-12(11)18-13(19)9-15(17)6-2-1-3-7-15/h4-5,8H,1-3,6-7,9,17H2,(H,18,19)(H,20,21). The summed E-state index contributed by atoms with van der Waals surface area (Å²) in [6, 6.07) is 3.39. The number of amides is 1. The molecule has 0 aromatic heterocycles. The van der Waals surface area contributed by atoms with Gasteiger partial charge in [0.05, 0.1) is 11.3 Å². The van der Waals surface area contributed by atoms with Crippen molar-refractivity contribution in [3.05, 3.63) is 29.6 Å². The number of carbonyl (C=O) groups is 2. The average Bonchev–Trinajstić information content (AvgIpc) is 2.41. The highest BCUT2D eigenvalue weighted by Crippen LogP contribution is 2.29. The third-order valence-corrected chi connectivity index (χ3v) is 3.85. The largest absolute Gasteiger partial charge is 0.478 e. The molecule has 1 amide bonds. The van der Waals surface area contributed by atoms with Gasteiger partial charge in [-0.3, -0.25) is 4.79 Å². The van der Waals surface area contributed by atoms with Crippen LogP contribution >= 0.6 is 0 Å². The van der Waals surface area contributed by atoms with E-state index in [4.69, 9.17) is 10.8 Å². The fourth-order valence-electron chi connectivity index (χ4n) is 2.70. The van der Waals surface area contributed by atoms with Gasteiger partial charge in [0.15, 0.2) is 0 Å². The van der Waals surface area contributed by atoms with Gasteiger partial charge in [-0.1, -0.05) is 19.3 Å². The Bertz CT molecular complexity index is 554. The lowest BCUT2D eigenvalue weighted by Gasteiger charge is -2.32. The number of benzene rings is 1. The summed E-state index contributed by atoms with van der Waals surface area (Å²) in [4.78, 5) is 22.7. The molecule has 0 saturated heterocycles. The summed E-state index contributed by atoms with van der Waals surface area (Å²) in [6.45, 7) is 0. The molecule has 1 aliphatic rings. The van der Waals surface area contributed by atoms with Crippen LogP contribution in [0.2, 0.25) is 0 Å². The Morgan fingerprint density at radius 3 is 2.52 bits per heavy atom. The van der Waals surface area contributed by atoms with Crippen LogP contribution in [0.4, 0.5) is 10.1 Å². The number of nitrogens with two attached hydrogens (primary N) is 1. The van der Waals surface area contributed by atoms with Crippen molar-refractivity contribution >= 4 is 17.6 Å². The number of halogens is 1. The molecule has 4 N–H and O–H groups in total. The Morgan fingerprint density at radius 1 is 1.29 bits per heavy atom. The van der Waals surface area contributed by atoms with E-state index in [-0.39, 0.29) is 23.6 Å². The summed E-state index contributed by atoms with van der Waals surface area (Å²) in [5, 5.41) is 11.2. The SMILES string of the molecule is NC1(CC(=O)Nc2ccc(C(=O)O)cc2F)CCCCC1. The third-order valence-electron chi connectivity index (χ3n) is 3.85. The zero-order valence-electron chi connectivity index (χ0n) is 11.7. The summed E-state index contributed by atoms with van der Waals surface area (Å²) in [6.07, 6.45) is 4.87. The Morgan fingerprint density at radius 2 is 1.95 bits per heavy atom. The first-order valence-electron chi connectivity index (χ1n) is 7.01. The molecule has 1 saturated carbocycles. The van der Waals surface area contributed by atoms with Crippen molar-refractivity contribution < 1.29 is 19.1 Å². The van der Waals surface area contributed by atoms with Gasteiger partial charge in [-0.15, -0.1) is 0 Å². The van der Waals surface area contributed by atoms with E-state index in [1.807, 2.05) is 0 Å². The molecule has 0 radical (unpaired) electrons. The van der Waals surface area contributed by atoms with Gasteiger partial charge in [0.2, 0.25) is 5.91 Å². The van der Waals surface area contributed by atoms with Gasteiger partial charge in [0, 0.05) is 12.0 Å². The van der Waals surface area contributed by atoms with Crippen molar-refractivity contribution in [2.24, 2.45) is 5.73 Å². The van der Waals surface area contributed by atoms with E-state index in [2.05, 4.69) is 5.32 Å². The van der Waals surface area contributed by atoms with E-state index in [1.54, 1.807) is 0 Å².